The number of nitrogens with one attached hydrogen (secondary N) is 1. The molecule has 0 bridgehead atoms. The zero-order valence-electron chi connectivity index (χ0n) is 10.8. The van der Waals surface area contributed by atoms with Crippen molar-refractivity contribution in [2.24, 2.45) is 0 Å². The highest BCUT2D eigenvalue weighted by Gasteiger charge is 2.22. The van der Waals surface area contributed by atoms with Gasteiger partial charge in [0.1, 0.15) is 10.0 Å². The van der Waals surface area contributed by atoms with Gasteiger partial charge in [-0.2, -0.15) is 0 Å². The van der Waals surface area contributed by atoms with Gasteiger partial charge in [-0.1, -0.05) is 23.2 Å². The topological polar surface area (TPSA) is 59.1 Å². The SMILES string of the molecule is Cc1cc(C)c(S(=O)(=O)Nc2ccc(Cl)cc2)c(Cl)n1. The van der Waals surface area contributed by atoms with Gasteiger partial charge < -0.3 is 0 Å². The van der Waals surface area contributed by atoms with Crippen molar-refractivity contribution in [3.8, 4) is 0 Å². The van der Waals surface area contributed by atoms with Crippen LogP contribution in [0.4, 0.5) is 5.69 Å². The smallest absolute Gasteiger partial charge is 0.265 e. The molecule has 0 amide bonds. The molecule has 2 aromatic rings. The van der Waals surface area contributed by atoms with E-state index >= 15 is 0 Å². The van der Waals surface area contributed by atoms with Crippen molar-refractivity contribution in [3.05, 3.63) is 51.8 Å². The highest BCUT2D eigenvalue weighted by atomic mass is 35.5. The molecule has 1 heterocycles. The first kappa shape index (κ1) is 15.1. The maximum absolute atomic E-state index is 12.4. The minimum Gasteiger partial charge on any atom is -0.280 e. The Kier molecular flexibility index (Phi) is 4.22. The monoisotopic (exact) mass is 330 g/mol. The van der Waals surface area contributed by atoms with Crippen LogP contribution in [0.15, 0.2) is 35.2 Å². The third-order valence-electron chi connectivity index (χ3n) is 2.61. The van der Waals surface area contributed by atoms with E-state index in [2.05, 4.69) is 9.71 Å². The number of halogens is 2. The number of nitrogens with zero attached hydrogens (tertiary/aromatic N) is 1. The maximum Gasteiger partial charge on any atom is 0.265 e. The molecule has 4 nitrogen and oxygen atoms in total. The molecule has 0 saturated heterocycles. The third kappa shape index (κ3) is 3.23. The van der Waals surface area contributed by atoms with Crippen LogP contribution in [0.5, 0.6) is 0 Å². The van der Waals surface area contributed by atoms with Gasteiger partial charge in [0.15, 0.2) is 0 Å². The molecule has 1 aromatic carbocycles. The van der Waals surface area contributed by atoms with Crippen LogP contribution in [-0.4, -0.2) is 13.4 Å². The van der Waals surface area contributed by atoms with Gasteiger partial charge in [-0.05, 0) is 49.7 Å². The number of anilines is 1. The van der Waals surface area contributed by atoms with E-state index in [-0.39, 0.29) is 10.0 Å². The molecule has 0 fully saturated rings. The number of sulfonamides is 1. The second-order valence-corrected chi connectivity index (χ2v) is 6.73. The van der Waals surface area contributed by atoms with Crippen molar-refractivity contribution in [3.63, 3.8) is 0 Å². The molecule has 1 N–H and O–H groups in total. The Morgan fingerprint density at radius 1 is 1.10 bits per heavy atom. The van der Waals surface area contributed by atoms with Crippen LogP contribution < -0.4 is 4.72 Å². The molecule has 0 saturated carbocycles. The summed E-state index contributed by atoms with van der Waals surface area (Å²) in [6, 6.07) is 8.01. The van der Waals surface area contributed by atoms with Crippen molar-refractivity contribution in [2.75, 3.05) is 4.72 Å². The Labute approximate surface area is 127 Å². The van der Waals surface area contributed by atoms with Crippen LogP contribution in [0, 0.1) is 13.8 Å². The molecule has 7 heteroatoms. The summed E-state index contributed by atoms with van der Waals surface area (Å²) in [6.07, 6.45) is 0. The van der Waals surface area contributed by atoms with Crippen molar-refractivity contribution in [1.29, 1.82) is 0 Å². The number of hydrogen-bond acceptors (Lipinski definition) is 3. The van der Waals surface area contributed by atoms with Crippen LogP contribution in [0.1, 0.15) is 11.3 Å². The number of rotatable bonds is 3. The summed E-state index contributed by atoms with van der Waals surface area (Å²) in [5.74, 6) is 0. The molecule has 0 aliphatic heterocycles. The standard InChI is InChI=1S/C13H12Cl2N2O2S/c1-8-7-9(2)16-13(15)12(8)20(18,19)17-11-5-3-10(14)4-6-11/h3-7,17H,1-2H3. The Morgan fingerprint density at radius 2 is 1.70 bits per heavy atom. The number of aryl methyl sites for hydroxylation is 2. The second-order valence-electron chi connectivity index (χ2n) is 4.31. The summed E-state index contributed by atoms with van der Waals surface area (Å²) in [5, 5.41) is 0.489. The first-order valence-electron chi connectivity index (χ1n) is 5.72. The van der Waals surface area contributed by atoms with Crippen LogP contribution in [0.2, 0.25) is 10.2 Å². The Bertz CT molecular complexity index is 720. The minimum absolute atomic E-state index is 0.0142. The lowest BCUT2D eigenvalue weighted by Crippen LogP contribution is -2.15. The highest BCUT2D eigenvalue weighted by Crippen LogP contribution is 2.26. The van der Waals surface area contributed by atoms with Gasteiger partial charge in [0.2, 0.25) is 0 Å². The number of benzene rings is 1. The molecule has 0 radical (unpaired) electrons. The van der Waals surface area contributed by atoms with Crippen LogP contribution in [0.25, 0.3) is 0 Å². The molecule has 0 spiro atoms. The molecular formula is C13H12Cl2N2O2S. The van der Waals surface area contributed by atoms with E-state index in [0.717, 1.165) is 0 Å². The average molecular weight is 331 g/mol. The normalized spacial score (nSPS) is 11.4. The van der Waals surface area contributed by atoms with Gasteiger partial charge in [0.05, 0.1) is 0 Å². The summed E-state index contributed by atoms with van der Waals surface area (Å²) in [7, 11) is -3.79. The van der Waals surface area contributed by atoms with Gasteiger partial charge in [-0.3, -0.25) is 4.72 Å². The molecule has 20 heavy (non-hydrogen) atoms. The molecule has 0 atom stereocenters. The number of aromatic nitrogens is 1. The van der Waals surface area contributed by atoms with E-state index in [1.807, 2.05) is 0 Å². The van der Waals surface area contributed by atoms with Crippen molar-refractivity contribution < 1.29 is 8.42 Å². The summed E-state index contributed by atoms with van der Waals surface area (Å²) in [6.45, 7) is 3.43. The predicted octanol–water partition coefficient (Wildman–Crippen LogP) is 3.81. The number of hydrogen-bond donors (Lipinski definition) is 1. The molecular weight excluding hydrogens is 319 g/mol. The third-order valence-corrected chi connectivity index (χ3v) is 4.81. The van der Waals surface area contributed by atoms with E-state index < -0.39 is 10.0 Å². The van der Waals surface area contributed by atoms with Crippen LogP contribution in [0.3, 0.4) is 0 Å². The van der Waals surface area contributed by atoms with E-state index in [4.69, 9.17) is 23.2 Å². The average Bonchev–Trinajstić information content (AvgIpc) is 2.30. The first-order valence-corrected chi connectivity index (χ1v) is 7.95. The predicted molar refractivity (Wildman–Crippen MR) is 81.0 cm³/mol. The quantitative estimate of drug-likeness (QED) is 0.870. The van der Waals surface area contributed by atoms with E-state index in [1.165, 1.54) is 0 Å². The summed E-state index contributed by atoms with van der Waals surface area (Å²) in [5.41, 5.74) is 1.62. The van der Waals surface area contributed by atoms with Gasteiger partial charge >= 0.3 is 0 Å². The fourth-order valence-electron chi connectivity index (χ4n) is 1.83. The first-order chi connectivity index (χ1) is 9.29. The lowest BCUT2D eigenvalue weighted by molar-refractivity contribution is 0.600. The van der Waals surface area contributed by atoms with Crippen molar-refractivity contribution in [2.45, 2.75) is 18.7 Å². The Balaban J connectivity index is 2.43. The van der Waals surface area contributed by atoms with Gasteiger partial charge in [-0.15, -0.1) is 0 Å². The fraction of sp³-hybridized carbons (Fsp3) is 0.154. The molecule has 0 aliphatic carbocycles. The highest BCUT2D eigenvalue weighted by molar-refractivity contribution is 7.92. The fourth-order valence-corrected chi connectivity index (χ4v) is 3.84. The van der Waals surface area contributed by atoms with Crippen molar-refractivity contribution >= 4 is 38.9 Å². The van der Waals surface area contributed by atoms with Gasteiger partial charge in [-0.25, -0.2) is 13.4 Å². The number of pyridine rings is 1. The summed E-state index contributed by atoms with van der Waals surface area (Å²) >= 11 is 11.7. The van der Waals surface area contributed by atoms with Crippen LogP contribution in [-0.2, 0) is 10.0 Å². The van der Waals surface area contributed by atoms with Crippen molar-refractivity contribution in [1.82, 2.24) is 4.98 Å². The van der Waals surface area contributed by atoms with Gasteiger partial charge in [0.25, 0.3) is 10.0 Å². The largest absolute Gasteiger partial charge is 0.280 e. The van der Waals surface area contributed by atoms with E-state index in [0.29, 0.717) is 22.0 Å². The van der Waals surface area contributed by atoms with E-state index in [9.17, 15) is 8.42 Å². The zero-order valence-corrected chi connectivity index (χ0v) is 13.1. The molecule has 0 unspecified atom stereocenters. The Hall–Kier alpha value is -1.30. The van der Waals surface area contributed by atoms with Crippen LogP contribution >= 0.6 is 23.2 Å². The zero-order chi connectivity index (χ0) is 14.9. The lowest BCUT2D eigenvalue weighted by Gasteiger charge is -2.12. The minimum atomic E-state index is -3.79. The molecule has 0 aliphatic rings. The molecule has 2 rings (SSSR count). The lowest BCUT2D eigenvalue weighted by atomic mass is 10.2. The molecule has 1 aromatic heterocycles. The Morgan fingerprint density at radius 3 is 2.25 bits per heavy atom. The summed E-state index contributed by atoms with van der Waals surface area (Å²) in [4.78, 5) is 3.97. The second kappa shape index (κ2) is 5.60. The van der Waals surface area contributed by atoms with Gasteiger partial charge in [0, 0.05) is 16.4 Å². The maximum atomic E-state index is 12.4. The van der Waals surface area contributed by atoms with E-state index in [1.54, 1.807) is 44.2 Å². The summed E-state index contributed by atoms with van der Waals surface area (Å²) < 4.78 is 27.2. The molecule has 106 valence electrons.